The van der Waals surface area contributed by atoms with Crippen molar-refractivity contribution in [2.75, 3.05) is 5.32 Å². The van der Waals surface area contributed by atoms with Gasteiger partial charge in [0, 0.05) is 18.7 Å². The molecule has 0 atom stereocenters. The Bertz CT molecular complexity index is 1490. The summed E-state index contributed by atoms with van der Waals surface area (Å²) in [7, 11) is 0. The Kier molecular flexibility index (Phi) is 12.7. The summed E-state index contributed by atoms with van der Waals surface area (Å²) in [4.78, 5) is 35.1. The molecular formula is C29H32F3N7O4S. The Labute approximate surface area is 255 Å². The van der Waals surface area contributed by atoms with Crippen molar-refractivity contribution in [3.63, 3.8) is 0 Å². The van der Waals surface area contributed by atoms with Gasteiger partial charge < -0.3 is 32.2 Å². The third-order valence-corrected chi connectivity index (χ3v) is 6.72. The first-order valence-corrected chi connectivity index (χ1v) is 14.2. The van der Waals surface area contributed by atoms with E-state index in [1.807, 2.05) is 24.3 Å². The van der Waals surface area contributed by atoms with E-state index in [9.17, 15) is 27.6 Å². The van der Waals surface area contributed by atoms with Crippen LogP contribution in [0.25, 0.3) is 0 Å². The minimum Gasteiger partial charge on any atom is -0.406 e. The van der Waals surface area contributed by atoms with Crippen molar-refractivity contribution < 1.29 is 32.3 Å². The lowest BCUT2D eigenvalue weighted by Crippen LogP contribution is -2.28. The minimum absolute atomic E-state index is 0.0340. The Morgan fingerprint density at radius 1 is 0.932 bits per heavy atom. The zero-order valence-corrected chi connectivity index (χ0v) is 24.3. The molecule has 0 fully saturated rings. The van der Waals surface area contributed by atoms with Gasteiger partial charge in [-0.2, -0.15) is 0 Å². The smallest absolute Gasteiger partial charge is 0.406 e. The molecule has 0 bridgehead atoms. The largest absolute Gasteiger partial charge is 0.573 e. The number of aromatic nitrogens is 2. The van der Waals surface area contributed by atoms with Crippen LogP contribution in [0.2, 0.25) is 0 Å². The molecule has 3 amide bonds. The highest BCUT2D eigenvalue weighted by molar-refractivity contribution is 7.15. The summed E-state index contributed by atoms with van der Waals surface area (Å²) >= 11 is 1.30. The number of aryl methyl sites for hydroxylation is 1. The fourth-order valence-electron chi connectivity index (χ4n) is 3.93. The molecule has 0 aliphatic carbocycles. The Balaban J connectivity index is 1.36. The van der Waals surface area contributed by atoms with Crippen LogP contribution >= 0.6 is 11.3 Å². The fourth-order valence-corrected chi connectivity index (χ4v) is 4.73. The zero-order valence-electron chi connectivity index (χ0n) is 23.5. The lowest BCUT2D eigenvalue weighted by atomic mass is 10.1. The maximum absolute atomic E-state index is 12.4. The van der Waals surface area contributed by atoms with Crippen LogP contribution in [0, 0.1) is 0 Å². The second-order valence-corrected chi connectivity index (χ2v) is 10.6. The number of hydrogen-bond acceptors (Lipinski definition) is 9. The number of rotatable bonds is 16. The number of benzene rings is 2. The molecule has 1 heterocycles. The lowest BCUT2D eigenvalue weighted by molar-refractivity contribution is -0.274. The molecule has 0 aliphatic rings. The minimum atomic E-state index is -4.83. The number of nitrogens with two attached hydrogens (primary N) is 2. The van der Waals surface area contributed by atoms with Crippen molar-refractivity contribution in [2.45, 2.75) is 51.4 Å². The van der Waals surface area contributed by atoms with Gasteiger partial charge >= 0.3 is 6.36 Å². The molecule has 44 heavy (non-hydrogen) atoms. The van der Waals surface area contributed by atoms with Crippen molar-refractivity contribution in [1.29, 1.82) is 0 Å². The fraction of sp³-hybridized carbons (Fsp3) is 0.276. The van der Waals surface area contributed by atoms with Crippen molar-refractivity contribution >= 4 is 34.7 Å². The first-order chi connectivity index (χ1) is 21.0. The number of allylic oxidation sites excluding steroid dienone is 3. The number of ether oxygens (including phenoxy) is 1. The summed E-state index contributed by atoms with van der Waals surface area (Å²) in [6.07, 6.45) is 1.49. The van der Waals surface area contributed by atoms with Crippen LogP contribution in [0.4, 0.5) is 18.3 Å². The molecule has 234 valence electrons. The molecule has 0 radical (unpaired) electrons. The summed E-state index contributed by atoms with van der Waals surface area (Å²) in [6.45, 7) is 0.386. The van der Waals surface area contributed by atoms with Gasteiger partial charge in [0.2, 0.25) is 23.4 Å². The van der Waals surface area contributed by atoms with E-state index < -0.39 is 18.0 Å². The van der Waals surface area contributed by atoms with Gasteiger partial charge in [-0.15, -0.1) is 23.4 Å². The molecule has 15 heteroatoms. The molecule has 0 saturated carbocycles. The number of anilines is 1. The van der Waals surface area contributed by atoms with Gasteiger partial charge in [-0.25, -0.2) is 0 Å². The van der Waals surface area contributed by atoms with Crippen LogP contribution in [-0.4, -0.2) is 34.8 Å². The first kappa shape index (κ1) is 33.6. The molecule has 0 aliphatic heterocycles. The number of halogens is 3. The summed E-state index contributed by atoms with van der Waals surface area (Å²) < 4.78 is 41.0. The van der Waals surface area contributed by atoms with Crippen molar-refractivity contribution in [2.24, 2.45) is 11.5 Å². The Hall–Kier alpha value is -4.92. The second-order valence-electron chi connectivity index (χ2n) is 9.54. The number of nitrogens with one attached hydrogen (secondary N) is 3. The van der Waals surface area contributed by atoms with Crippen LogP contribution in [0.3, 0.4) is 0 Å². The molecule has 0 saturated heterocycles. The molecule has 3 aromatic rings. The van der Waals surface area contributed by atoms with Crippen LogP contribution in [-0.2, 0) is 40.2 Å². The quantitative estimate of drug-likeness (QED) is 0.0906. The summed E-state index contributed by atoms with van der Waals surface area (Å²) in [5, 5.41) is 17.1. The second kappa shape index (κ2) is 16.6. The molecule has 0 unspecified atom stereocenters. The number of amides is 3. The van der Waals surface area contributed by atoms with Gasteiger partial charge in [-0.3, -0.25) is 14.4 Å². The maximum Gasteiger partial charge on any atom is 0.573 e. The van der Waals surface area contributed by atoms with E-state index in [-0.39, 0.29) is 24.6 Å². The van der Waals surface area contributed by atoms with Gasteiger partial charge in [0.05, 0.1) is 12.8 Å². The number of hydrogen-bond donors (Lipinski definition) is 5. The van der Waals surface area contributed by atoms with Crippen LogP contribution in [0.1, 0.15) is 41.0 Å². The number of carbonyl (C=O) groups excluding carboxylic acids is 3. The lowest BCUT2D eigenvalue weighted by Gasteiger charge is -2.10. The third kappa shape index (κ3) is 12.9. The molecule has 0 spiro atoms. The van der Waals surface area contributed by atoms with Crippen molar-refractivity contribution in [3.05, 3.63) is 93.9 Å². The predicted molar refractivity (Wildman–Crippen MR) is 159 cm³/mol. The third-order valence-electron chi connectivity index (χ3n) is 5.82. The highest BCUT2D eigenvalue weighted by Gasteiger charge is 2.31. The van der Waals surface area contributed by atoms with Crippen molar-refractivity contribution in [3.8, 4) is 5.75 Å². The summed E-state index contributed by atoms with van der Waals surface area (Å²) in [5.41, 5.74) is 14.4. The van der Waals surface area contributed by atoms with E-state index >= 15 is 0 Å². The number of alkyl halides is 3. The normalized spacial score (nSPS) is 12.0. The Morgan fingerprint density at radius 2 is 1.64 bits per heavy atom. The Morgan fingerprint density at radius 3 is 2.39 bits per heavy atom. The summed E-state index contributed by atoms with van der Waals surface area (Å²) in [5.74, 6) is -1.12. The standard InChI is InChI=1S/C29H32F3N7O4S/c30-29(31,32)43-23-9-4-6-20(14-23)16-25(41)36-24(34)12-11-22(33)8-1-2-10-27-38-39-28(44-27)37-26(42)15-19-5-3-7-21(13-19)17-35-18-40/h3-7,9,11-14,18H,1-2,8,10,15-17,33-34H2,(H,35,40)(H,36,41)(H,37,39,42)/b22-11-,24-12+. The number of carbonyl (C=O) groups is 3. The summed E-state index contributed by atoms with van der Waals surface area (Å²) in [6, 6.07) is 12.5. The number of unbranched alkanes of at least 4 members (excludes halogenated alkanes) is 1. The topological polar surface area (TPSA) is 174 Å². The molecule has 7 N–H and O–H groups in total. The van der Waals surface area contributed by atoms with Crippen molar-refractivity contribution in [1.82, 2.24) is 20.8 Å². The zero-order chi connectivity index (χ0) is 32.0. The van der Waals surface area contributed by atoms with E-state index in [1.165, 1.54) is 29.5 Å². The van der Waals surface area contributed by atoms with E-state index in [0.29, 0.717) is 42.2 Å². The molecule has 2 aromatic carbocycles. The molecular weight excluding hydrogens is 599 g/mol. The number of nitrogens with zero attached hydrogens (tertiary/aromatic N) is 2. The van der Waals surface area contributed by atoms with E-state index in [0.717, 1.165) is 41.1 Å². The average molecular weight is 632 g/mol. The van der Waals surface area contributed by atoms with E-state index in [2.05, 4.69) is 30.9 Å². The predicted octanol–water partition coefficient (Wildman–Crippen LogP) is 3.58. The first-order valence-electron chi connectivity index (χ1n) is 13.4. The van der Waals surface area contributed by atoms with Gasteiger partial charge in [-0.1, -0.05) is 47.7 Å². The average Bonchev–Trinajstić information content (AvgIpc) is 3.39. The maximum atomic E-state index is 12.4. The molecule has 3 rings (SSSR count). The van der Waals surface area contributed by atoms with Gasteiger partial charge in [0.15, 0.2) is 0 Å². The highest BCUT2D eigenvalue weighted by atomic mass is 32.1. The van der Waals surface area contributed by atoms with Gasteiger partial charge in [0.1, 0.15) is 16.6 Å². The van der Waals surface area contributed by atoms with Crippen LogP contribution in [0.15, 0.2) is 72.2 Å². The molecule has 11 nitrogen and oxygen atoms in total. The SMILES string of the molecule is N/C(=C\C=C(/N)NC(=O)Cc1cccc(OC(F)(F)F)c1)CCCCc1nnc(NC(=O)Cc2cccc(CNC=O)c2)s1. The monoisotopic (exact) mass is 631 g/mol. The van der Waals surface area contributed by atoms with Crippen LogP contribution < -0.4 is 32.2 Å². The molecule has 1 aromatic heterocycles. The van der Waals surface area contributed by atoms with Gasteiger partial charge in [-0.05, 0) is 60.2 Å². The van der Waals surface area contributed by atoms with E-state index in [1.54, 1.807) is 6.08 Å². The highest BCUT2D eigenvalue weighted by Crippen LogP contribution is 2.23. The van der Waals surface area contributed by atoms with Gasteiger partial charge in [0.25, 0.3) is 0 Å². The van der Waals surface area contributed by atoms with E-state index in [4.69, 9.17) is 11.5 Å². The van der Waals surface area contributed by atoms with Crippen LogP contribution in [0.5, 0.6) is 5.75 Å².